The van der Waals surface area contributed by atoms with Gasteiger partial charge in [-0.15, -0.1) is 0 Å². The number of nitrogens with one attached hydrogen (secondary N) is 1. The first-order chi connectivity index (χ1) is 10.2. The Balaban J connectivity index is 1.94. The minimum absolute atomic E-state index is 0.132. The molecule has 0 bridgehead atoms. The number of amides is 1. The fourth-order valence-corrected chi connectivity index (χ4v) is 2.71. The van der Waals surface area contributed by atoms with E-state index in [0.29, 0.717) is 12.8 Å². The van der Waals surface area contributed by atoms with Crippen LogP contribution in [0.15, 0.2) is 65.7 Å². The van der Waals surface area contributed by atoms with E-state index in [1.165, 1.54) is 0 Å². The number of hydrogen-bond acceptors (Lipinski definition) is 3. The maximum atomic E-state index is 12.4. The van der Waals surface area contributed by atoms with Crippen LogP contribution in [0.3, 0.4) is 0 Å². The van der Waals surface area contributed by atoms with E-state index in [2.05, 4.69) is 10.3 Å². The van der Waals surface area contributed by atoms with Crippen molar-refractivity contribution >= 4 is 11.9 Å². The molecule has 0 fully saturated rings. The largest absolute Gasteiger partial charge is 0.370 e. The summed E-state index contributed by atoms with van der Waals surface area (Å²) in [4.78, 5) is 16.8. The molecule has 1 aliphatic heterocycles. The molecule has 1 aliphatic rings. The number of hydrogen-bond donors (Lipinski definition) is 2. The van der Waals surface area contributed by atoms with Crippen LogP contribution >= 0.6 is 0 Å². The molecule has 3 rings (SSSR count). The summed E-state index contributed by atoms with van der Waals surface area (Å²) in [5.41, 5.74) is 7.01. The molecule has 0 spiro atoms. The van der Waals surface area contributed by atoms with Crippen molar-refractivity contribution < 1.29 is 4.79 Å². The topological polar surface area (TPSA) is 67.5 Å². The smallest absolute Gasteiger partial charge is 0.255 e. The first-order valence-electron chi connectivity index (χ1n) is 6.93. The van der Waals surface area contributed by atoms with Crippen LogP contribution in [0.4, 0.5) is 0 Å². The van der Waals surface area contributed by atoms with E-state index in [4.69, 9.17) is 5.73 Å². The first-order valence-corrected chi connectivity index (χ1v) is 6.93. The van der Waals surface area contributed by atoms with Gasteiger partial charge in [-0.25, -0.2) is 4.99 Å². The lowest BCUT2D eigenvalue weighted by atomic mass is 9.85. The van der Waals surface area contributed by atoms with Crippen molar-refractivity contribution in [1.29, 1.82) is 0 Å². The normalized spacial score (nSPS) is 16.4. The Kier molecular flexibility index (Phi) is 3.44. The maximum Gasteiger partial charge on any atom is 0.255 e. The van der Waals surface area contributed by atoms with Gasteiger partial charge < -0.3 is 5.73 Å². The molecule has 1 heterocycles. The third kappa shape index (κ3) is 2.79. The SMILES string of the molecule is NC1=NC(Cc2ccccc2)(Cc2ccccc2)C(=O)N1. The van der Waals surface area contributed by atoms with Crippen molar-refractivity contribution in [3.05, 3.63) is 71.8 Å². The minimum atomic E-state index is -0.854. The van der Waals surface area contributed by atoms with Crippen molar-refractivity contribution in [3.8, 4) is 0 Å². The van der Waals surface area contributed by atoms with Gasteiger partial charge in [-0.05, 0) is 11.1 Å². The lowest BCUT2D eigenvalue weighted by Gasteiger charge is -2.23. The second-order valence-electron chi connectivity index (χ2n) is 5.31. The maximum absolute atomic E-state index is 12.4. The van der Waals surface area contributed by atoms with Gasteiger partial charge >= 0.3 is 0 Å². The Morgan fingerprint density at radius 3 is 1.76 bits per heavy atom. The summed E-state index contributed by atoms with van der Waals surface area (Å²) in [6.07, 6.45) is 1.07. The summed E-state index contributed by atoms with van der Waals surface area (Å²) < 4.78 is 0. The predicted molar refractivity (Wildman–Crippen MR) is 82.8 cm³/mol. The molecule has 0 atom stereocenters. The molecule has 0 aliphatic carbocycles. The second-order valence-corrected chi connectivity index (χ2v) is 5.31. The quantitative estimate of drug-likeness (QED) is 0.893. The van der Waals surface area contributed by atoms with Gasteiger partial charge in [-0.2, -0.15) is 0 Å². The zero-order chi connectivity index (χ0) is 14.7. The molecular formula is C17H17N3O. The minimum Gasteiger partial charge on any atom is -0.370 e. The molecule has 2 aromatic carbocycles. The summed E-state index contributed by atoms with van der Waals surface area (Å²) >= 11 is 0. The predicted octanol–water partition coefficient (Wildman–Crippen LogP) is 1.66. The van der Waals surface area contributed by atoms with Crippen molar-refractivity contribution in [2.45, 2.75) is 18.4 Å². The summed E-state index contributed by atoms with van der Waals surface area (Å²) in [6.45, 7) is 0. The fourth-order valence-electron chi connectivity index (χ4n) is 2.71. The number of nitrogens with two attached hydrogens (primary N) is 1. The number of carbonyl (C=O) groups excluding carboxylic acids is 1. The second kappa shape index (κ2) is 5.40. The lowest BCUT2D eigenvalue weighted by molar-refractivity contribution is -0.123. The van der Waals surface area contributed by atoms with Crippen molar-refractivity contribution in [2.75, 3.05) is 0 Å². The van der Waals surface area contributed by atoms with Crippen molar-refractivity contribution in [3.63, 3.8) is 0 Å². The van der Waals surface area contributed by atoms with Crippen LogP contribution in [0.5, 0.6) is 0 Å². The highest BCUT2D eigenvalue weighted by molar-refractivity contribution is 6.07. The Morgan fingerprint density at radius 2 is 1.38 bits per heavy atom. The molecule has 106 valence electrons. The van der Waals surface area contributed by atoms with Gasteiger partial charge in [0.15, 0.2) is 11.5 Å². The number of carbonyl (C=O) groups is 1. The number of aliphatic imine (C=N–C) groups is 1. The van der Waals surface area contributed by atoms with Crippen LogP contribution in [0, 0.1) is 0 Å². The molecule has 4 nitrogen and oxygen atoms in total. The fraction of sp³-hybridized carbons (Fsp3) is 0.176. The average molecular weight is 279 g/mol. The molecule has 3 N–H and O–H groups in total. The van der Waals surface area contributed by atoms with Gasteiger partial charge in [-0.1, -0.05) is 60.7 Å². The summed E-state index contributed by atoms with van der Waals surface area (Å²) in [5, 5.41) is 2.64. The Bertz CT molecular complexity index is 623. The standard InChI is InChI=1S/C17H17N3O/c18-16-19-15(21)17(20-16,11-13-7-3-1-4-8-13)12-14-9-5-2-6-10-14/h1-10H,11-12H2,(H3,18,19,20,21). The Labute approximate surface area is 123 Å². The van der Waals surface area contributed by atoms with E-state index in [1.54, 1.807) is 0 Å². The average Bonchev–Trinajstić information content (AvgIpc) is 2.75. The monoisotopic (exact) mass is 279 g/mol. The van der Waals surface area contributed by atoms with Gasteiger partial charge in [-0.3, -0.25) is 10.1 Å². The van der Waals surface area contributed by atoms with Crippen molar-refractivity contribution in [2.24, 2.45) is 10.7 Å². The summed E-state index contributed by atoms with van der Waals surface area (Å²) in [6, 6.07) is 19.8. The highest BCUT2D eigenvalue weighted by Gasteiger charge is 2.43. The molecular weight excluding hydrogens is 262 g/mol. The molecule has 0 aromatic heterocycles. The third-order valence-corrected chi connectivity index (χ3v) is 3.68. The van der Waals surface area contributed by atoms with Crippen LogP contribution in [0.25, 0.3) is 0 Å². The van der Waals surface area contributed by atoms with Gasteiger partial charge in [0.05, 0.1) is 0 Å². The van der Waals surface area contributed by atoms with E-state index in [-0.39, 0.29) is 11.9 Å². The molecule has 0 saturated heterocycles. The Hall–Kier alpha value is -2.62. The highest BCUT2D eigenvalue weighted by Crippen LogP contribution is 2.26. The molecule has 0 unspecified atom stereocenters. The molecule has 0 saturated carbocycles. The van der Waals surface area contributed by atoms with Crippen LogP contribution in [0.1, 0.15) is 11.1 Å². The summed E-state index contributed by atoms with van der Waals surface area (Å²) in [5.74, 6) is 0.0690. The first kappa shape index (κ1) is 13.4. The van der Waals surface area contributed by atoms with E-state index >= 15 is 0 Å². The third-order valence-electron chi connectivity index (χ3n) is 3.68. The van der Waals surface area contributed by atoms with Gasteiger partial charge in [0, 0.05) is 12.8 Å². The zero-order valence-corrected chi connectivity index (χ0v) is 11.6. The highest BCUT2D eigenvalue weighted by atomic mass is 16.2. The van der Waals surface area contributed by atoms with Crippen LogP contribution in [0.2, 0.25) is 0 Å². The molecule has 2 aromatic rings. The zero-order valence-electron chi connectivity index (χ0n) is 11.6. The molecule has 4 heteroatoms. The summed E-state index contributed by atoms with van der Waals surface area (Å²) in [7, 11) is 0. The number of benzene rings is 2. The molecule has 21 heavy (non-hydrogen) atoms. The van der Waals surface area contributed by atoms with E-state index in [0.717, 1.165) is 11.1 Å². The van der Waals surface area contributed by atoms with Gasteiger partial charge in [0.25, 0.3) is 5.91 Å². The van der Waals surface area contributed by atoms with Crippen LogP contribution < -0.4 is 11.1 Å². The van der Waals surface area contributed by atoms with Crippen LogP contribution in [-0.4, -0.2) is 17.4 Å². The van der Waals surface area contributed by atoms with Gasteiger partial charge in [0.2, 0.25) is 0 Å². The molecule has 1 amide bonds. The van der Waals surface area contributed by atoms with E-state index < -0.39 is 5.54 Å². The number of nitrogens with zero attached hydrogens (tertiary/aromatic N) is 1. The number of rotatable bonds is 4. The van der Waals surface area contributed by atoms with Gasteiger partial charge in [0.1, 0.15) is 0 Å². The van der Waals surface area contributed by atoms with Crippen LogP contribution in [-0.2, 0) is 17.6 Å². The van der Waals surface area contributed by atoms with Crippen molar-refractivity contribution in [1.82, 2.24) is 5.32 Å². The lowest BCUT2D eigenvalue weighted by Crippen LogP contribution is -2.44. The number of guanidine groups is 1. The molecule has 0 radical (unpaired) electrons. The Morgan fingerprint density at radius 1 is 0.905 bits per heavy atom. The van der Waals surface area contributed by atoms with E-state index in [1.807, 2.05) is 60.7 Å². The van der Waals surface area contributed by atoms with E-state index in [9.17, 15) is 4.79 Å².